The predicted octanol–water partition coefficient (Wildman–Crippen LogP) is 1.98. The van der Waals surface area contributed by atoms with E-state index in [1.54, 1.807) is 19.9 Å². The van der Waals surface area contributed by atoms with Crippen molar-refractivity contribution < 1.29 is 29.3 Å². The molecule has 0 spiro atoms. The molecule has 0 bridgehead atoms. The lowest BCUT2D eigenvalue weighted by atomic mass is 9.85. The van der Waals surface area contributed by atoms with Gasteiger partial charge < -0.3 is 19.7 Å². The molecule has 1 fully saturated rings. The van der Waals surface area contributed by atoms with Crippen LogP contribution in [0.25, 0.3) is 0 Å². The topological polar surface area (TPSA) is 93.1 Å². The first kappa shape index (κ1) is 20.1. The van der Waals surface area contributed by atoms with Gasteiger partial charge in [-0.2, -0.15) is 0 Å². The largest absolute Gasteiger partial charge is 0.458 e. The van der Waals surface area contributed by atoms with E-state index in [0.29, 0.717) is 18.4 Å². The lowest BCUT2D eigenvalue weighted by Gasteiger charge is -2.28. The molecule has 1 aliphatic heterocycles. The van der Waals surface area contributed by atoms with E-state index in [4.69, 9.17) is 9.47 Å². The maximum Gasteiger partial charge on any atom is 0.336 e. The Hall–Kier alpha value is -2.18. The highest BCUT2D eigenvalue weighted by Crippen LogP contribution is 2.36. The molecule has 142 valence electrons. The summed E-state index contributed by atoms with van der Waals surface area (Å²) in [5.41, 5.74) is 2.00. The standard InChI is InChI=1S/C20H26O6/c1-5-14(10-21)20(24)26-16-8-11(2)6-7-15(22)12(3)9-17-18(16)13(4)19(23)25-17/h5-6,9,15-18,21-22H,4,7-8,10H2,1-3H3/b11-6+,12-9-,14-5+/t15-,16-,17-,18-/m1/s1. The number of aliphatic hydroxyl groups is 2. The zero-order valence-electron chi connectivity index (χ0n) is 15.4. The van der Waals surface area contributed by atoms with Crippen LogP contribution in [0.1, 0.15) is 33.6 Å². The smallest absolute Gasteiger partial charge is 0.336 e. The second-order valence-electron chi connectivity index (χ2n) is 6.75. The first-order valence-corrected chi connectivity index (χ1v) is 8.67. The molecule has 0 amide bonds. The van der Waals surface area contributed by atoms with Crippen LogP contribution in [0.15, 0.2) is 47.1 Å². The number of rotatable bonds is 3. The lowest BCUT2D eigenvalue weighted by molar-refractivity contribution is -0.147. The number of aliphatic hydroxyl groups excluding tert-OH is 2. The van der Waals surface area contributed by atoms with Crippen LogP contribution < -0.4 is 0 Å². The van der Waals surface area contributed by atoms with Gasteiger partial charge in [0.1, 0.15) is 12.2 Å². The van der Waals surface area contributed by atoms with Crippen LogP contribution in [0.3, 0.4) is 0 Å². The van der Waals surface area contributed by atoms with Gasteiger partial charge in [0.2, 0.25) is 0 Å². The molecule has 2 N–H and O–H groups in total. The lowest BCUT2D eigenvalue weighted by Crippen LogP contribution is -2.34. The molecule has 2 rings (SSSR count). The molecule has 6 nitrogen and oxygen atoms in total. The highest BCUT2D eigenvalue weighted by atomic mass is 16.6. The summed E-state index contributed by atoms with van der Waals surface area (Å²) in [6, 6.07) is 0. The van der Waals surface area contributed by atoms with Crippen LogP contribution in [0.4, 0.5) is 0 Å². The molecule has 0 aromatic heterocycles. The Balaban J connectivity index is 2.41. The third-order valence-corrected chi connectivity index (χ3v) is 4.87. The fraction of sp³-hybridized carbons (Fsp3) is 0.500. The van der Waals surface area contributed by atoms with Crippen LogP contribution in [-0.2, 0) is 19.1 Å². The van der Waals surface area contributed by atoms with E-state index in [1.807, 2.05) is 13.0 Å². The number of carbonyl (C=O) groups excluding carboxylic acids is 2. The minimum atomic E-state index is -0.665. The van der Waals surface area contributed by atoms with E-state index in [-0.39, 0.29) is 11.1 Å². The van der Waals surface area contributed by atoms with Gasteiger partial charge in [-0.15, -0.1) is 0 Å². The van der Waals surface area contributed by atoms with Gasteiger partial charge in [0.15, 0.2) is 0 Å². The summed E-state index contributed by atoms with van der Waals surface area (Å²) in [6.45, 7) is 8.69. The van der Waals surface area contributed by atoms with Crippen LogP contribution in [0.5, 0.6) is 0 Å². The van der Waals surface area contributed by atoms with Crippen LogP contribution in [0, 0.1) is 5.92 Å². The zero-order valence-corrected chi connectivity index (χ0v) is 15.4. The maximum absolute atomic E-state index is 12.3. The van der Waals surface area contributed by atoms with Gasteiger partial charge in [0.25, 0.3) is 0 Å². The van der Waals surface area contributed by atoms with Crippen molar-refractivity contribution >= 4 is 11.9 Å². The Kier molecular flexibility index (Phi) is 6.56. The number of esters is 2. The molecule has 0 aromatic rings. The zero-order chi connectivity index (χ0) is 19.4. The Labute approximate surface area is 153 Å². The van der Waals surface area contributed by atoms with E-state index in [1.165, 1.54) is 6.08 Å². The number of hydrogen-bond donors (Lipinski definition) is 2. The van der Waals surface area contributed by atoms with E-state index in [9.17, 15) is 19.8 Å². The molecule has 0 saturated carbocycles. The van der Waals surface area contributed by atoms with Gasteiger partial charge in [0.05, 0.1) is 24.2 Å². The van der Waals surface area contributed by atoms with Crippen LogP contribution >= 0.6 is 0 Å². The third-order valence-electron chi connectivity index (χ3n) is 4.87. The molecule has 1 aliphatic carbocycles. The Morgan fingerprint density at radius 1 is 1.46 bits per heavy atom. The summed E-state index contributed by atoms with van der Waals surface area (Å²) in [6.07, 6.45) is 3.91. The SMILES string of the molecule is C=C1C(=O)O[C@@H]2/C=C(/C)[C@H](O)C/C=C(\C)C[C@@H](OC(=O)/C(=C/C)CO)[C@@H]12. The molecule has 0 radical (unpaired) electrons. The summed E-state index contributed by atoms with van der Waals surface area (Å²) in [5, 5.41) is 19.5. The monoisotopic (exact) mass is 362 g/mol. The minimum Gasteiger partial charge on any atom is -0.458 e. The Morgan fingerprint density at radius 3 is 2.77 bits per heavy atom. The number of hydrogen-bond acceptors (Lipinski definition) is 6. The molecule has 1 saturated heterocycles. The molecule has 26 heavy (non-hydrogen) atoms. The van der Waals surface area contributed by atoms with E-state index in [0.717, 1.165) is 5.57 Å². The van der Waals surface area contributed by atoms with Crippen molar-refractivity contribution in [2.75, 3.05) is 6.61 Å². The molecule has 0 aromatic carbocycles. The van der Waals surface area contributed by atoms with Crippen LogP contribution in [-0.4, -0.2) is 47.1 Å². The fourth-order valence-electron chi connectivity index (χ4n) is 3.18. The Bertz CT molecular complexity index is 684. The number of carbonyl (C=O) groups is 2. The maximum atomic E-state index is 12.3. The van der Waals surface area contributed by atoms with E-state index < -0.39 is 42.8 Å². The summed E-state index contributed by atoms with van der Waals surface area (Å²) in [7, 11) is 0. The molecule has 0 unspecified atom stereocenters. The van der Waals surface area contributed by atoms with Gasteiger partial charge in [-0.25, -0.2) is 9.59 Å². The van der Waals surface area contributed by atoms with Crippen molar-refractivity contribution in [2.24, 2.45) is 5.92 Å². The number of fused-ring (bicyclic) bond motifs is 1. The number of ether oxygens (including phenoxy) is 2. The first-order valence-electron chi connectivity index (χ1n) is 8.67. The van der Waals surface area contributed by atoms with Gasteiger partial charge in [-0.1, -0.05) is 24.3 Å². The average molecular weight is 362 g/mol. The summed E-state index contributed by atoms with van der Waals surface area (Å²) >= 11 is 0. The molecule has 2 aliphatic rings. The van der Waals surface area contributed by atoms with E-state index in [2.05, 4.69) is 6.58 Å². The first-order chi connectivity index (χ1) is 12.3. The van der Waals surface area contributed by atoms with Crippen molar-refractivity contribution in [1.29, 1.82) is 0 Å². The third kappa shape index (κ3) is 4.31. The summed E-state index contributed by atoms with van der Waals surface area (Å²) in [4.78, 5) is 24.4. The minimum absolute atomic E-state index is 0.151. The van der Waals surface area contributed by atoms with Gasteiger partial charge in [-0.3, -0.25) is 0 Å². The molecular formula is C20H26O6. The highest BCUT2D eigenvalue weighted by molar-refractivity contribution is 5.92. The average Bonchev–Trinajstić information content (AvgIpc) is 2.86. The normalized spacial score (nSPS) is 34.1. The molecular weight excluding hydrogens is 336 g/mol. The Morgan fingerprint density at radius 2 is 2.15 bits per heavy atom. The predicted molar refractivity (Wildman–Crippen MR) is 96.0 cm³/mol. The summed E-state index contributed by atoms with van der Waals surface area (Å²) in [5.74, 6) is -1.71. The summed E-state index contributed by atoms with van der Waals surface area (Å²) < 4.78 is 11.0. The van der Waals surface area contributed by atoms with Crippen molar-refractivity contribution in [1.82, 2.24) is 0 Å². The molecule has 1 heterocycles. The van der Waals surface area contributed by atoms with Crippen molar-refractivity contribution in [2.45, 2.75) is 51.9 Å². The highest BCUT2D eigenvalue weighted by Gasteiger charge is 2.44. The van der Waals surface area contributed by atoms with Crippen molar-refractivity contribution in [3.05, 3.63) is 47.1 Å². The van der Waals surface area contributed by atoms with Crippen LogP contribution in [0.2, 0.25) is 0 Å². The second kappa shape index (κ2) is 8.47. The molecule has 4 atom stereocenters. The van der Waals surface area contributed by atoms with Crippen molar-refractivity contribution in [3.8, 4) is 0 Å². The van der Waals surface area contributed by atoms with Gasteiger partial charge in [0, 0.05) is 12.0 Å². The fourth-order valence-corrected chi connectivity index (χ4v) is 3.18. The van der Waals surface area contributed by atoms with Gasteiger partial charge in [-0.05, 0) is 38.8 Å². The molecule has 6 heteroatoms. The van der Waals surface area contributed by atoms with Gasteiger partial charge >= 0.3 is 11.9 Å². The number of allylic oxidation sites excluding steroid dienone is 1. The second-order valence-corrected chi connectivity index (χ2v) is 6.75. The van der Waals surface area contributed by atoms with Crippen molar-refractivity contribution in [3.63, 3.8) is 0 Å². The quantitative estimate of drug-likeness (QED) is 0.453. The van der Waals surface area contributed by atoms with E-state index >= 15 is 0 Å².